The van der Waals surface area contributed by atoms with Gasteiger partial charge in [-0.25, -0.2) is 9.78 Å². The maximum absolute atomic E-state index is 11.6. The lowest BCUT2D eigenvalue weighted by atomic mass is 10.2. The van der Waals surface area contributed by atoms with Crippen molar-refractivity contribution in [1.29, 1.82) is 0 Å². The molecule has 3 N–H and O–H groups in total. The summed E-state index contributed by atoms with van der Waals surface area (Å²) in [7, 11) is 0. The number of carboxylic acids is 1. The summed E-state index contributed by atoms with van der Waals surface area (Å²) < 4.78 is 0. The minimum Gasteiger partial charge on any atom is -0.478 e. The van der Waals surface area contributed by atoms with Gasteiger partial charge in [0.2, 0.25) is 5.95 Å². The van der Waals surface area contributed by atoms with Gasteiger partial charge in [-0.15, -0.1) is 0 Å². The smallest absolute Gasteiger partial charge is 0.336 e. The van der Waals surface area contributed by atoms with Crippen LogP contribution in [0.5, 0.6) is 0 Å². The van der Waals surface area contributed by atoms with Crippen molar-refractivity contribution in [2.24, 2.45) is 0 Å². The number of carbonyl (C=O) groups is 1. The van der Waals surface area contributed by atoms with Gasteiger partial charge in [-0.2, -0.15) is 4.98 Å². The summed E-state index contributed by atoms with van der Waals surface area (Å²) in [6, 6.07) is 23.6. The van der Waals surface area contributed by atoms with Crippen molar-refractivity contribution in [2.45, 2.75) is 48.1 Å². The largest absolute Gasteiger partial charge is 0.478 e. The first-order valence-corrected chi connectivity index (χ1v) is 12.3. The van der Waals surface area contributed by atoms with Crippen LogP contribution in [0.1, 0.15) is 41.6 Å². The average Bonchev–Trinajstić information content (AvgIpc) is 3.37. The lowest BCUT2D eigenvalue weighted by Gasteiger charge is -2.16. The second-order valence-electron chi connectivity index (χ2n) is 8.40. The Morgan fingerprint density at radius 3 is 2.44 bits per heavy atom. The molecule has 1 fully saturated rings. The molecule has 0 radical (unpaired) electrons. The zero-order chi connectivity index (χ0) is 23.3. The van der Waals surface area contributed by atoms with Gasteiger partial charge in [-0.3, -0.25) is 0 Å². The number of rotatable bonds is 8. The van der Waals surface area contributed by atoms with Crippen molar-refractivity contribution in [1.82, 2.24) is 9.97 Å². The fraction of sp³-hybridized carbons (Fsp3) is 0.222. The third kappa shape index (κ3) is 4.99. The lowest BCUT2D eigenvalue weighted by molar-refractivity contribution is 0.0693. The molecule has 172 valence electrons. The van der Waals surface area contributed by atoms with Gasteiger partial charge < -0.3 is 15.7 Å². The van der Waals surface area contributed by atoms with E-state index < -0.39 is 5.97 Å². The molecule has 1 aliphatic rings. The number of fused-ring (bicyclic) bond motifs is 1. The normalized spacial score (nSPS) is 13.8. The third-order valence-electron chi connectivity index (χ3n) is 6.05. The highest BCUT2D eigenvalue weighted by Crippen LogP contribution is 2.33. The van der Waals surface area contributed by atoms with E-state index >= 15 is 0 Å². The molecule has 1 saturated carbocycles. The van der Waals surface area contributed by atoms with Crippen molar-refractivity contribution in [3.8, 4) is 0 Å². The van der Waals surface area contributed by atoms with E-state index in [0.717, 1.165) is 27.2 Å². The Labute approximate surface area is 202 Å². The zero-order valence-electron chi connectivity index (χ0n) is 18.7. The van der Waals surface area contributed by atoms with E-state index in [9.17, 15) is 9.90 Å². The quantitative estimate of drug-likeness (QED) is 0.273. The number of hydrogen-bond acceptors (Lipinski definition) is 6. The molecule has 0 aliphatic heterocycles. The second kappa shape index (κ2) is 10.1. The van der Waals surface area contributed by atoms with E-state index in [1.54, 1.807) is 12.1 Å². The number of carboxylic acid groups (broad SMARTS) is 1. The summed E-state index contributed by atoms with van der Waals surface area (Å²) in [5.74, 6) is 0.522. The minimum absolute atomic E-state index is 0.302. The monoisotopic (exact) mass is 470 g/mol. The average molecular weight is 471 g/mol. The molecule has 0 spiro atoms. The molecule has 5 rings (SSSR count). The van der Waals surface area contributed by atoms with Crippen LogP contribution in [0.25, 0.3) is 10.9 Å². The van der Waals surface area contributed by atoms with Crippen LogP contribution in [0.2, 0.25) is 0 Å². The predicted molar refractivity (Wildman–Crippen MR) is 137 cm³/mol. The molecular weight excluding hydrogens is 444 g/mol. The van der Waals surface area contributed by atoms with Crippen molar-refractivity contribution >= 4 is 40.4 Å². The van der Waals surface area contributed by atoms with Crippen LogP contribution in [0, 0.1) is 0 Å². The summed E-state index contributed by atoms with van der Waals surface area (Å²) in [4.78, 5) is 22.9. The van der Waals surface area contributed by atoms with E-state index in [4.69, 9.17) is 9.97 Å². The molecule has 6 nitrogen and oxygen atoms in total. The molecule has 1 heterocycles. The first-order valence-electron chi connectivity index (χ1n) is 11.5. The van der Waals surface area contributed by atoms with Gasteiger partial charge in [0.25, 0.3) is 0 Å². The molecule has 34 heavy (non-hydrogen) atoms. The standard InChI is InChI=1S/C27H26N4O2S/c32-26(33)21-13-5-8-16-24(21)34-23-15-7-1-9-18(23)17-28-27-30-22-14-6-4-12-20(22)25(31-27)29-19-10-2-3-11-19/h1,4-9,12-16,19H,2-3,10-11,17H2,(H,32,33)(H2,28,29,30,31). The number of aromatic nitrogens is 2. The van der Waals surface area contributed by atoms with Gasteiger partial charge in [0, 0.05) is 27.8 Å². The molecule has 0 amide bonds. The van der Waals surface area contributed by atoms with Gasteiger partial charge in [-0.1, -0.05) is 67.1 Å². The van der Waals surface area contributed by atoms with Crippen LogP contribution in [0.15, 0.2) is 82.6 Å². The van der Waals surface area contributed by atoms with Crippen LogP contribution >= 0.6 is 11.8 Å². The van der Waals surface area contributed by atoms with Crippen molar-refractivity contribution < 1.29 is 9.90 Å². The van der Waals surface area contributed by atoms with Gasteiger partial charge in [-0.05, 0) is 48.7 Å². The lowest BCUT2D eigenvalue weighted by Crippen LogP contribution is -2.17. The SMILES string of the molecule is O=C(O)c1ccccc1Sc1ccccc1CNc1nc(NC2CCCC2)c2ccccc2n1. The number of nitrogens with zero attached hydrogens (tertiary/aromatic N) is 2. The third-order valence-corrected chi connectivity index (χ3v) is 7.24. The first kappa shape index (κ1) is 22.2. The maximum Gasteiger partial charge on any atom is 0.336 e. The summed E-state index contributed by atoms with van der Waals surface area (Å²) in [5, 5.41) is 17.6. The topological polar surface area (TPSA) is 87.1 Å². The molecule has 7 heteroatoms. The number of benzene rings is 3. The van der Waals surface area contributed by atoms with E-state index in [-0.39, 0.29) is 0 Å². The summed E-state index contributed by atoms with van der Waals surface area (Å²) in [5.41, 5.74) is 2.25. The molecule has 0 bridgehead atoms. The van der Waals surface area contributed by atoms with Crippen molar-refractivity contribution in [2.75, 3.05) is 10.6 Å². The summed E-state index contributed by atoms with van der Waals surface area (Å²) in [6.07, 6.45) is 4.85. The Morgan fingerprint density at radius 1 is 0.912 bits per heavy atom. The molecule has 0 unspecified atom stereocenters. The van der Waals surface area contributed by atoms with E-state index in [0.29, 0.717) is 29.0 Å². The molecular formula is C27H26N4O2S. The highest BCUT2D eigenvalue weighted by molar-refractivity contribution is 7.99. The molecule has 3 aromatic carbocycles. The van der Waals surface area contributed by atoms with Crippen molar-refractivity contribution in [3.63, 3.8) is 0 Å². The Bertz CT molecular complexity index is 1320. The summed E-state index contributed by atoms with van der Waals surface area (Å²) in [6.45, 7) is 0.527. The molecule has 4 aromatic rings. The molecule has 0 saturated heterocycles. The van der Waals surface area contributed by atoms with Gasteiger partial charge in [0.05, 0.1) is 11.1 Å². The Hall–Kier alpha value is -3.58. The van der Waals surface area contributed by atoms with Crippen LogP contribution < -0.4 is 10.6 Å². The van der Waals surface area contributed by atoms with E-state index in [1.165, 1.54) is 37.4 Å². The molecule has 1 aliphatic carbocycles. The number of nitrogens with one attached hydrogen (secondary N) is 2. The molecule has 1 aromatic heterocycles. The van der Waals surface area contributed by atoms with Crippen LogP contribution in [-0.4, -0.2) is 27.1 Å². The van der Waals surface area contributed by atoms with E-state index in [2.05, 4.69) is 16.7 Å². The summed E-state index contributed by atoms with van der Waals surface area (Å²) >= 11 is 1.46. The van der Waals surface area contributed by atoms with Gasteiger partial charge in [0.1, 0.15) is 5.82 Å². The van der Waals surface area contributed by atoms with Gasteiger partial charge >= 0.3 is 5.97 Å². The van der Waals surface area contributed by atoms with E-state index in [1.807, 2.05) is 54.6 Å². The van der Waals surface area contributed by atoms with Crippen LogP contribution in [0.3, 0.4) is 0 Å². The second-order valence-corrected chi connectivity index (χ2v) is 9.49. The fourth-order valence-electron chi connectivity index (χ4n) is 4.30. The maximum atomic E-state index is 11.6. The van der Waals surface area contributed by atoms with Crippen LogP contribution in [0.4, 0.5) is 11.8 Å². The van der Waals surface area contributed by atoms with Crippen molar-refractivity contribution in [3.05, 3.63) is 83.9 Å². The molecule has 0 atom stereocenters. The number of hydrogen-bond donors (Lipinski definition) is 3. The Kier molecular flexibility index (Phi) is 6.62. The fourth-order valence-corrected chi connectivity index (χ4v) is 5.37. The number of para-hydroxylation sites is 1. The Morgan fingerprint density at radius 2 is 1.62 bits per heavy atom. The van der Waals surface area contributed by atoms with Gasteiger partial charge in [0.15, 0.2) is 0 Å². The number of aromatic carboxylic acids is 1. The predicted octanol–water partition coefficient (Wildman–Crippen LogP) is 6.45. The Balaban J connectivity index is 1.38. The highest BCUT2D eigenvalue weighted by Gasteiger charge is 2.17. The first-order chi connectivity index (χ1) is 16.7. The minimum atomic E-state index is -0.925. The number of anilines is 2. The van der Waals surface area contributed by atoms with Crippen LogP contribution in [-0.2, 0) is 6.54 Å². The zero-order valence-corrected chi connectivity index (χ0v) is 19.5. The highest BCUT2D eigenvalue weighted by atomic mass is 32.2.